The molecule has 6 heteroatoms. The lowest BCUT2D eigenvalue weighted by Gasteiger charge is -2.16. The van der Waals surface area contributed by atoms with Gasteiger partial charge in [-0.05, 0) is 46.1 Å². The first-order valence-electron chi connectivity index (χ1n) is 5.72. The lowest BCUT2D eigenvalue weighted by atomic mass is 10.1. The highest BCUT2D eigenvalue weighted by Gasteiger charge is 2.34. The first-order valence-corrected chi connectivity index (χ1v) is 7.39. The number of esters is 1. The molecule has 0 unspecified atom stereocenters. The maximum absolute atomic E-state index is 12.1. The molecule has 1 fully saturated rings. The molecule has 18 heavy (non-hydrogen) atoms. The Hall–Kier alpha value is -0.880. The maximum Gasteiger partial charge on any atom is 0.307 e. The Morgan fingerprint density at radius 2 is 2.33 bits per heavy atom. The molecule has 0 aromatic carbocycles. The summed E-state index contributed by atoms with van der Waals surface area (Å²) in [7, 11) is 1.37. The summed E-state index contributed by atoms with van der Waals surface area (Å²) in [6.07, 6.45) is 2.37. The summed E-state index contributed by atoms with van der Waals surface area (Å²) in [5, 5.41) is 4.78. The Morgan fingerprint density at radius 3 is 2.83 bits per heavy atom. The summed E-state index contributed by atoms with van der Waals surface area (Å²) in [4.78, 5) is 24.0. The van der Waals surface area contributed by atoms with Crippen LogP contribution >= 0.6 is 27.3 Å². The number of rotatable bonds is 5. The van der Waals surface area contributed by atoms with Crippen LogP contribution in [0.4, 0.5) is 0 Å². The minimum Gasteiger partial charge on any atom is -0.469 e. The number of carbonyl (C=O) groups is 2. The van der Waals surface area contributed by atoms with E-state index in [2.05, 4.69) is 26.0 Å². The van der Waals surface area contributed by atoms with Crippen molar-refractivity contribution < 1.29 is 14.3 Å². The highest BCUT2D eigenvalue weighted by molar-refractivity contribution is 9.10. The molecule has 98 valence electrons. The molecule has 0 aliphatic heterocycles. The molecule has 1 aromatic heterocycles. The van der Waals surface area contributed by atoms with Gasteiger partial charge in [0.05, 0.1) is 13.5 Å². The fraction of sp³-hybridized carbons (Fsp3) is 0.500. The van der Waals surface area contributed by atoms with E-state index in [0.29, 0.717) is 10.8 Å². The minimum atomic E-state index is -0.280. The van der Waals surface area contributed by atoms with Crippen LogP contribution in [-0.2, 0) is 9.53 Å². The second-order valence-electron chi connectivity index (χ2n) is 4.30. The van der Waals surface area contributed by atoms with Crippen LogP contribution in [0.1, 0.15) is 28.9 Å². The Kier molecular flexibility index (Phi) is 4.40. The SMILES string of the molecule is COC(=O)C[C@H](NC(=O)c1sccc1Br)C1CC1. The third-order valence-electron chi connectivity index (χ3n) is 2.95. The Morgan fingerprint density at radius 1 is 1.61 bits per heavy atom. The van der Waals surface area contributed by atoms with Crippen molar-refractivity contribution in [3.63, 3.8) is 0 Å². The Balaban J connectivity index is 1.98. The normalized spacial score (nSPS) is 16.1. The monoisotopic (exact) mass is 331 g/mol. The van der Waals surface area contributed by atoms with Crippen molar-refractivity contribution in [3.8, 4) is 0 Å². The van der Waals surface area contributed by atoms with Crippen LogP contribution in [0.3, 0.4) is 0 Å². The van der Waals surface area contributed by atoms with Crippen LogP contribution in [0, 0.1) is 5.92 Å². The van der Waals surface area contributed by atoms with Gasteiger partial charge in [0.2, 0.25) is 0 Å². The molecule has 1 aliphatic carbocycles. The summed E-state index contributed by atoms with van der Waals surface area (Å²) in [6.45, 7) is 0. The number of hydrogen-bond donors (Lipinski definition) is 1. The molecule has 0 saturated heterocycles. The van der Waals surface area contributed by atoms with Gasteiger partial charge in [-0.25, -0.2) is 0 Å². The summed E-state index contributed by atoms with van der Waals surface area (Å²) in [6, 6.07) is 1.73. The van der Waals surface area contributed by atoms with Crippen molar-refractivity contribution in [2.75, 3.05) is 7.11 Å². The molecule has 1 amide bonds. The van der Waals surface area contributed by atoms with E-state index in [-0.39, 0.29) is 24.3 Å². The maximum atomic E-state index is 12.1. The van der Waals surface area contributed by atoms with Gasteiger partial charge in [-0.2, -0.15) is 0 Å². The summed E-state index contributed by atoms with van der Waals surface area (Å²) < 4.78 is 5.45. The topological polar surface area (TPSA) is 55.4 Å². The van der Waals surface area contributed by atoms with E-state index in [1.807, 2.05) is 11.4 Å². The lowest BCUT2D eigenvalue weighted by Crippen LogP contribution is -2.38. The largest absolute Gasteiger partial charge is 0.469 e. The first-order chi connectivity index (χ1) is 8.61. The molecule has 4 nitrogen and oxygen atoms in total. The van der Waals surface area contributed by atoms with Crippen LogP contribution in [0.2, 0.25) is 0 Å². The van der Waals surface area contributed by atoms with E-state index >= 15 is 0 Å². The molecule has 1 aromatic rings. The number of amides is 1. The van der Waals surface area contributed by atoms with E-state index in [1.165, 1.54) is 18.4 Å². The molecule has 1 heterocycles. The fourth-order valence-corrected chi connectivity index (χ4v) is 3.24. The standard InChI is InChI=1S/C12H14BrNO3S/c1-17-10(15)6-9(7-2-3-7)14-12(16)11-8(13)4-5-18-11/h4-5,7,9H,2-3,6H2,1H3,(H,14,16)/t9-/m0/s1. The molecular weight excluding hydrogens is 318 g/mol. The average Bonchev–Trinajstić information content (AvgIpc) is 3.10. The van der Waals surface area contributed by atoms with E-state index < -0.39 is 0 Å². The molecular formula is C12H14BrNO3S. The number of thiophene rings is 1. The molecule has 0 bridgehead atoms. The number of methoxy groups -OCH3 is 1. The lowest BCUT2D eigenvalue weighted by molar-refractivity contribution is -0.141. The van der Waals surface area contributed by atoms with E-state index in [0.717, 1.165) is 17.3 Å². The van der Waals surface area contributed by atoms with Gasteiger partial charge < -0.3 is 10.1 Å². The highest BCUT2D eigenvalue weighted by atomic mass is 79.9. The summed E-state index contributed by atoms with van der Waals surface area (Å²) in [5.74, 6) is 0.00177. The quantitative estimate of drug-likeness (QED) is 0.843. The average molecular weight is 332 g/mol. The van der Waals surface area contributed by atoms with Gasteiger partial charge in [0.1, 0.15) is 4.88 Å². The molecule has 0 radical (unpaired) electrons. The number of carbonyl (C=O) groups excluding carboxylic acids is 2. The van der Waals surface area contributed by atoms with Gasteiger partial charge in [0.25, 0.3) is 5.91 Å². The van der Waals surface area contributed by atoms with Crippen LogP contribution < -0.4 is 5.32 Å². The van der Waals surface area contributed by atoms with Crippen molar-refractivity contribution in [2.24, 2.45) is 5.92 Å². The molecule has 1 saturated carbocycles. The van der Waals surface area contributed by atoms with Crippen LogP contribution in [0.25, 0.3) is 0 Å². The number of nitrogens with one attached hydrogen (secondary N) is 1. The Labute approximate surface area is 118 Å². The Bertz CT molecular complexity index is 456. The number of ether oxygens (including phenoxy) is 1. The van der Waals surface area contributed by atoms with Gasteiger partial charge in [0.15, 0.2) is 0 Å². The fourth-order valence-electron chi connectivity index (χ4n) is 1.79. The molecule has 1 atom stereocenters. The molecule has 0 spiro atoms. The minimum absolute atomic E-state index is 0.112. The summed E-state index contributed by atoms with van der Waals surface area (Å²) >= 11 is 4.71. The molecule has 2 rings (SSSR count). The van der Waals surface area contributed by atoms with Crippen LogP contribution in [-0.4, -0.2) is 25.0 Å². The zero-order valence-electron chi connectivity index (χ0n) is 9.94. The predicted octanol–water partition coefficient (Wildman–Crippen LogP) is 2.58. The van der Waals surface area contributed by atoms with Crippen molar-refractivity contribution in [1.29, 1.82) is 0 Å². The third-order valence-corrected chi connectivity index (χ3v) is 4.78. The van der Waals surface area contributed by atoms with Crippen molar-refractivity contribution in [2.45, 2.75) is 25.3 Å². The number of halogens is 1. The number of hydrogen-bond acceptors (Lipinski definition) is 4. The van der Waals surface area contributed by atoms with Gasteiger partial charge >= 0.3 is 5.97 Å². The molecule has 1 N–H and O–H groups in total. The zero-order valence-corrected chi connectivity index (χ0v) is 12.3. The first kappa shape index (κ1) is 13.5. The van der Waals surface area contributed by atoms with E-state index in [1.54, 1.807) is 0 Å². The van der Waals surface area contributed by atoms with Crippen LogP contribution in [0.15, 0.2) is 15.9 Å². The second-order valence-corrected chi connectivity index (χ2v) is 6.07. The van der Waals surface area contributed by atoms with Gasteiger partial charge in [-0.1, -0.05) is 0 Å². The van der Waals surface area contributed by atoms with Gasteiger partial charge in [-0.15, -0.1) is 11.3 Å². The smallest absolute Gasteiger partial charge is 0.307 e. The summed E-state index contributed by atoms with van der Waals surface area (Å²) in [5.41, 5.74) is 0. The second kappa shape index (κ2) is 5.84. The van der Waals surface area contributed by atoms with Crippen molar-refractivity contribution in [3.05, 3.63) is 20.8 Å². The van der Waals surface area contributed by atoms with E-state index in [9.17, 15) is 9.59 Å². The molecule has 1 aliphatic rings. The highest BCUT2D eigenvalue weighted by Crippen LogP contribution is 2.34. The van der Waals surface area contributed by atoms with Crippen LogP contribution in [0.5, 0.6) is 0 Å². The zero-order chi connectivity index (χ0) is 13.1. The predicted molar refractivity (Wildman–Crippen MR) is 72.6 cm³/mol. The van der Waals surface area contributed by atoms with Gasteiger partial charge in [0, 0.05) is 10.5 Å². The van der Waals surface area contributed by atoms with Crippen molar-refractivity contribution >= 4 is 39.1 Å². The third kappa shape index (κ3) is 3.32. The van der Waals surface area contributed by atoms with Crippen molar-refractivity contribution in [1.82, 2.24) is 5.32 Å². The van der Waals surface area contributed by atoms with E-state index in [4.69, 9.17) is 0 Å². The van der Waals surface area contributed by atoms with Gasteiger partial charge in [-0.3, -0.25) is 9.59 Å².